The van der Waals surface area contributed by atoms with Crippen molar-refractivity contribution in [3.63, 3.8) is 0 Å². The molecule has 0 aliphatic carbocycles. The molecule has 2 aromatic carbocycles. The van der Waals surface area contributed by atoms with Crippen molar-refractivity contribution in [3.05, 3.63) is 59.7 Å². The van der Waals surface area contributed by atoms with E-state index in [0.29, 0.717) is 19.8 Å². The van der Waals surface area contributed by atoms with Crippen molar-refractivity contribution in [2.24, 2.45) is 0 Å². The molecular weight excluding hydrogens is 404 g/mol. The van der Waals surface area contributed by atoms with Crippen LogP contribution < -0.4 is 9.47 Å². The van der Waals surface area contributed by atoms with Crippen LogP contribution in [0.2, 0.25) is 0 Å². The number of aliphatic hydroxyl groups excluding tert-OH is 1. The maximum absolute atomic E-state index is 10.9. The zero-order chi connectivity index (χ0) is 21.3. The molecule has 1 heterocycles. The third-order valence-corrected chi connectivity index (χ3v) is 6.04. The zero-order valence-corrected chi connectivity index (χ0v) is 18.5. The highest BCUT2D eigenvalue weighted by Gasteiger charge is 2.41. The first-order valence-electron chi connectivity index (χ1n) is 10.0. The van der Waals surface area contributed by atoms with E-state index in [0.717, 1.165) is 28.4 Å². The van der Waals surface area contributed by atoms with Crippen LogP contribution in [0, 0.1) is 0 Å². The van der Waals surface area contributed by atoms with Crippen molar-refractivity contribution >= 4 is 11.8 Å². The number of thioether (sulfide) groups is 1. The first kappa shape index (κ1) is 22.9. The molecule has 3 rings (SSSR count). The summed E-state index contributed by atoms with van der Waals surface area (Å²) in [4.78, 5) is 0. The van der Waals surface area contributed by atoms with Gasteiger partial charge in [0.2, 0.25) is 0 Å². The van der Waals surface area contributed by atoms with Crippen molar-refractivity contribution < 1.29 is 28.8 Å². The fourth-order valence-electron chi connectivity index (χ4n) is 3.26. The Morgan fingerprint density at radius 1 is 0.900 bits per heavy atom. The van der Waals surface area contributed by atoms with Crippen LogP contribution in [-0.2, 0) is 27.4 Å². The molecule has 0 radical (unpaired) electrons. The Labute approximate surface area is 182 Å². The van der Waals surface area contributed by atoms with Gasteiger partial charge >= 0.3 is 0 Å². The van der Waals surface area contributed by atoms with E-state index in [9.17, 15) is 5.11 Å². The van der Waals surface area contributed by atoms with Crippen molar-refractivity contribution in [2.75, 3.05) is 26.6 Å². The maximum atomic E-state index is 10.9. The van der Waals surface area contributed by atoms with Gasteiger partial charge in [0.1, 0.15) is 35.2 Å². The summed E-state index contributed by atoms with van der Waals surface area (Å²) in [6.45, 7) is 3.19. The van der Waals surface area contributed by atoms with E-state index >= 15 is 0 Å². The molecule has 1 aliphatic rings. The van der Waals surface area contributed by atoms with Crippen LogP contribution in [0.1, 0.15) is 18.1 Å². The number of hydrogen-bond acceptors (Lipinski definition) is 7. The highest BCUT2D eigenvalue weighted by molar-refractivity contribution is 7.99. The average molecular weight is 435 g/mol. The molecule has 2 aromatic rings. The topological polar surface area (TPSA) is 66.4 Å². The van der Waals surface area contributed by atoms with Crippen LogP contribution in [0.3, 0.4) is 0 Å². The number of hydrogen-bond donors (Lipinski definition) is 1. The third kappa shape index (κ3) is 6.12. The highest BCUT2D eigenvalue weighted by Crippen LogP contribution is 2.29. The van der Waals surface area contributed by atoms with Gasteiger partial charge in [-0.1, -0.05) is 31.2 Å². The molecule has 0 amide bonds. The molecule has 1 aliphatic heterocycles. The lowest BCUT2D eigenvalue weighted by Gasteiger charge is -2.39. The fraction of sp³-hybridized carbons (Fsp3) is 0.478. The van der Waals surface area contributed by atoms with E-state index in [1.54, 1.807) is 26.0 Å². The summed E-state index contributed by atoms with van der Waals surface area (Å²) < 4.78 is 28.5. The first-order chi connectivity index (χ1) is 14.6. The van der Waals surface area contributed by atoms with Gasteiger partial charge in [0, 0.05) is 0 Å². The van der Waals surface area contributed by atoms with Gasteiger partial charge in [-0.15, -0.1) is 11.8 Å². The van der Waals surface area contributed by atoms with Crippen molar-refractivity contribution in [3.8, 4) is 11.5 Å². The van der Waals surface area contributed by atoms with E-state index in [4.69, 9.17) is 23.7 Å². The van der Waals surface area contributed by atoms with Gasteiger partial charge in [0.25, 0.3) is 0 Å². The van der Waals surface area contributed by atoms with Crippen LogP contribution in [0.5, 0.6) is 11.5 Å². The predicted molar refractivity (Wildman–Crippen MR) is 117 cm³/mol. The number of rotatable bonds is 10. The van der Waals surface area contributed by atoms with Gasteiger partial charge in [-0.25, -0.2) is 0 Å². The molecule has 1 N–H and O–H groups in total. The molecule has 0 unspecified atom stereocenters. The summed E-state index contributed by atoms with van der Waals surface area (Å²) in [5.74, 6) is 2.45. The van der Waals surface area contributed by atoms with Gasteiger partial charge < -0.3 is 28.8 Å². The number of aliphatic hydroxyl groups is 1. The lowest BCUT2D eigenvalue weighted by molar-refractivity contribution is -0.204. The second kappa shape index (κ2) is 11.6. The van der Waals surface area contributed by atoms with Gasteiger partial charge in [-0.05, 0) is 41.1 Å². The van der Waals surface area contributed by atoms with Gasteiger partial charge in [0.05, 0.1) is 34.0 Å². The van der Waals surface area contributed by atoms with Crippen molar-refractivity contribution in [2.45, 2.75) is 43.9 Å². The number of methoxy groups -OCH3 is 2. The molecule has 7 heteroatoms. The molecule has 164 valence electrons. The monoisotopic (exact) mass is 434 g/mol. The minimum Gasteiger partial charge on any atom is -0.497 e. The zero-order valence-electron chi connectivity index (χ0n) is 17.7. The molecule has 4 atom stereocenters. The molecule has 6 nitrogen and oxygen atoms in total. The fourth-order valence-corrected chi connectivity index (χ4v) is 4.11. The van der Waals surface area contributed by atoms with E-state index < -0.39 is 12.2 Å². The van der Waals surface area contributed by atoms with Crippen LogP contribution in [0.25, 0.3) is 0 Å². The number of ether oxygens (including phenoxy) is 5. The maximum Gasteiger partial charge on any atom is 0.131 e. The largest absolute Gasteiger partial charge is 0.497 e. The quantitative estimate of drug-likeness (QED) is 0.612. The van der Waals surface area contributed by atoms with E-state index in [1.807, 2.05) is 55.5 Å². The number of benzene rings is 2. The lowest BCUT2D eigenvalue weighted by atomic mass is 10.1. The minimum absolute atomic E-state index is 0.322. The van der Waals surface area contributed by atoms with Gasteiger partial charge in [0.15, 0.2) is 0 Å². The molecule has 0 spiro atoms. The van der Waals surface area contributed by atoms with Crippen LogP contribution >= 0.6 is 11.8 Å². The van der Waals surface area contributed by atoms with Gasteiger partial charge in [-0.2, -0.15) is 0 Å². The molecular formula is C23H30O6S. The summed E-state index contributed by atoms with van der Waals surface area (Å²) in [6, 6.07) is 15.4. The highest BCUT2D eigenvalue weighted by atomic mass is 32.2. The van der Waals surface area contributed by atoms with Crippen LogP contribution in [-0.4, -0.2) is 55.4 Å². The van der Waals surface area contributed by atoms with E-state index in [2.05, 4.69) is 0 Å². The van der Waals surface area contributed by atoms with Crippen LogP contribution in [0.4, 0.5) is 0 Å². The minimum atomic E-state index is -0.775. The van der Waals surface area contributed by atoms with Crippen molar-refractivity contribution in [1.29, 1.82) is 0 Å². The first-order valence-corrected chi connectivity index (χ1v) is 11.1. The molecule has 0 saturated carbocycles. The second-order valence-corrected chi connectivity index (χ2v) is 8.34. The SMILES string of the molecule is CCS[C@@H]1OC[C@@H](OCc2ccc(OC)cc2)[C@H](OCc2ccc(OC)cc2)[C@H]1O. The molecule has 30 heavy (non-hydrogen) atoms. The predicted octanol–water partition coefficient (Wildman–Crippen LogP) is 3.64. The third-order valence-electron chi connectivity index (χ3n) is 4.96. The summed E-state index contributed by atoms with van der Waals surface area (Å²) >= 11 is 1.57. The molecule has 1 fully saturated rings. The van der Waals surface area contributed by atoms with Crippen LogP contribution in [0.15, 0.2) is 48.5 Å². The average Bonchev–Trinajstić information content (AvgIpc) is 2.79. The lowest BCUT2D eigenvalue weighted by Crippen LogP contribution is -2.54. The Morgan fingerprint density at radius 3 is 1.93 bits per heavy atom. The Morgan fingerprint density at radius 2 is 1.43 bits per heavy atom. The summed E-state index contributed by atoms with van der Waals surface area (Å²) in [7, 11) is 3.28. The summed E-state index contributed by atoms with van der Waals surface area (Å²) in [6.07, 6.45) is -1.62. The molecule has 1 saturated heterocycles. The Balaban J connectivity index is 1.63. The van der Waals surface area contributed by atoms with E-state index in [-0.39, 0.29) is 11.5 Å². The standard InChI is InChI=1S/C23H30O6S/c1-4-30-23-21(24)22(28-14-17-7-11-19(26-3)12-8-17)20(15-29-23)27-13-16-5-9-18(25-2)10-6-16/h5-12,20-24H,4,13-15H2,1-3H3/t20-,21-,22+,23+/m1/s1. The summed E-state index contributed by atoms with van der Waals surface area (Å²) in [5.41, 5.74) is 1.70. The summed E-state index contributed by atoms with van der Waals surface area (Å²) in [5, 5.41) is 10.9. The van der Waals surface area contributed by atoms with E-state index in [1.165, 1.54) is 0 Å². The molecule has 0 bridgehead atoms. The van der Waals surface area contributed by atoms with Crippen molar-refractivity contribution in [1.82, 2.24) is 0 Å². The van der Waals surface area contributed by atoms with Gasteiger partial charge in [-0.3, -0.25) is 0 Å². The second-order valence-electron chi connectivity index (χ2n) is 6.97. The Kier molecular flexibility index (Phi) is 8.84. The molecule has 0 aromatic heterocycles. The normalized spacial score (nSPS) is 23.9. The smallest absolute Gasteiger partial charge is 0.131 e. The Hall–Kier alpha value is -1.77. The Bertz CT molecular complexity index is 751.